The van der Waals surface area contributed by atoms with E-state index < -0.39 is 12.0 Å². The van der Waals surface area contributed by atoms with E-state index >= 15 is 0 Å². The summed E-state index contributed by atoms with van der Waals surface area (Å²) in [5, 5.41) is 13.0. The summed E-state index contributed by atoms with van der Waals surface area (Å²) >= 11 is 11.8. The standard InChI is InChI=1S/C15H13Cl2NO3/c1-21-11-5-3-10(4-6-11)18-14(15(19)20)9-2-7-12(16)13(17)8-9/h2-8,14,18H,1H3,(H,19,20). The van der Waals surface area contributed by atoms with Gasteiger partial charge in [0, 0.05) is 5.69 Å². The van der Waals surface area contributed by atoms with E-state index in [0.29, 0.717) is 27.0 Å². The molecule has 0 aromatic heterocycles. The van der Waals surface area contributed by atoms with E-state index in [1.165, 1.54) is 0 Å². The maximum atomic E-state index is 11.5. The van der Waals surface area contributed by atoms with E-state index in [4.69, 9.17) is 27.9 Å². The molecular formula is C15H13Cl2NO3. The largest absolute Gasteiger partial charge is 0.497 e. The molecule has 110 valence electrons. The van der Waals surface area contributed by atoms with Crippen molar-refractivity contribution in [2.24, 2.45) is 0 Å². The highest BCUT2D eigenvalue weighted by Gasteiger charge is 2.20. The molecular weight excluding hydrogens is 313 g/mol. The maximum absolute atomic E-state index is 11.5. The molecule has 0 fully saturated rings. The van der Waals surface area contributed by atoms with Gasteiger partial charge < -0.3 is 15.2 Å². The minimum absolute atomic E-state index is 0.317. The van der Waals surface area contributed by atoms with E-state index in [0.717, 1.165) is 0 Å². The Hall–Kier alpha value is -1.91. The quantitative estimate of drug-likeness (QED) is 0.863. The first-order valence-electron chi connectivity index (χ1n) is 6.09. The number of ether oxygens (including phenoxy) is 1. The minimum Gasteiger partial charge on any atom is -0.497 e. The lowest BCUT2D eigenvalue weighted by Gasteiger charge is -2.17. The molecule has 0 spiro atoms. The van der Waals surface area contributed by atoms with Crippen molar-refractivity contribution in [1.29, 1.82) is 0 Å². The number of carbonyl (C=O) groups is 1. The Bertz CT molecular complexity index is 644. The first kappa shape index (κ1) is 15.5. The Morgan fingerprint density at radius 1 is 1.14 bits per heavy atom. The van der Waals surface area contributed by atoms with Crippen LogP contribution in [0.5, 0.6) is 5.75 Å². The van der Waals surface area contributed by atoms with Gasteiger partial charge >= 0.3 is 5.97 Å². The summed E-state index contributed by atoms with van der Waals surface area (Å²) in [6, 6.07) is 10.8. The fourth-order valence-electron chi connectivity index (χ4n) is 1.83. The van der Waals surface area contributed by atoms with Crippen molar-refractivity contribution in [2.45, 2.75) is 6.04 Å². The Balaban J connectivity index is 2.26. The predicted molar refractivity (Wildman–Crippen MR) is 83.5 cm³/mol. The molecule has 0 bridgehead atoms. The number of carboxylic acid groups (broad SMARTS) is 1. The van der Waals surface area contributed by atoms with E-state index in [2.05, 4.69) is 5.32 Å². The van der Waals surface area contributed by atoms with E-state index in [-0.39, 0.29) is 0 Å². The van der Waals surface area contributed by atoms with Gasteiger partial charge in [0.1, 0.15) is 5.75 Å². The Morgan fingerprint density at radius 3 is 2.33 bits per heavy atom. The second-order valence-electron chi connectivity index (χ2n) is 4.32. The molecule has 0 radical (unpaired) electrons. The molecule has 2 aromatic rings. The summed E-state index contributed by atoms with van der Waals surface area (Å²) < 4.78 is 5.06. The van der Waals surface area contributed by atoms with Gasteiger partial charge in [-0.3, -0.25) is 0 Å². The Kier molecular flexibility index (Phi) is 4.94. The highest BCUT2D eigenvalue weighted by molar-refractivity contribution is 6.42. The SMILES string of the molecule is COc1ccc(NC(C(=O)O)c2ccc(Cl)c(Cl)c2)cc1. The fourth-order valence-corrected chi connectivity index (χ4v) is 2.14. The van der Waals surface area contributed by atoms with Crippen molar-refractivity contribution in [1.82, 2.24) is 0 Å². The third-order valence-corrected chi connectivity index (χ3v) is 3.66. The van der Waals surface area contributed by atoms with Gasteiger partial charge in [-0.15, -0.1) is 0 Å². The van der Waals surface area contributed by atoms with Crippen molar-refractivity contribution in [3.8, 4) is 5.75 Å². The number of methoxy groups -OCH3 is 1. The van der Waals surface area contributed by atoms with Crippen LogP contribution in [0.2, 0.25) is 10.0 Å². The zero-order valence-electron chi connectivity index (χ0n) is 11.1. The molecule has 0 heterocycles. The molecule has 1 unspecified atom stereocenters. The number of benzene rings is 2. The lowest BCUT2D eigenvalue weighted by molar-refractivity contribution is -0.138. The van der Waals surface area contributed by atoms with Crippen LogP contribution in [0.1, 0.15) is 11.6 Å². The Labute approximate surface area is 132 Å². The zero-order valence-corrected chi connectivity index (χ0v) is 12.7. The number of carboxylic acids is 1. The molecule has 0 saturated heterocycles. The van der Waals surface area contributed by atoms with Crippen LogP contribution in [0.3, 0.4) is 0 Å². The van der Waals surface area contributed by atoms with E-state index in [1.54, 1.807) is 49.6 Å². The summed E-state index contributed by atoms with van der Waals surface area (Å²) in [5.74, 6) is -0.314. The van der Waals surface area contributed by atoms with Gasteiger partial charge in [0.2, 0.25) is 0 Å². The molecule has 0 aliphatic carbocycles. The molecule has 2 rings (SSSR count). The molecule has 0 aliphatic rings. The van der Waals surface area contributed by atoms with Gasteiger partial charge in [-0.2, -0.15) is 0 Å². The first-order valence-corrected chi connectivity index (χ1v) is 6.85. The minimum atomic E-state index is -1.01. The molecule has 0 aliphatic heterocycles. The van der Waals surface area contributed by atoms with Crippen molar-refractivity contribution in [3.05, 3.63) is 58.1 Å². The topological polar surface area (TPSA) is 58.6 Å². The van der Waals surface area contributed by atoms with Crippen molar-refractivity contribution >= 4 is 34.9 Å². The second-order valence-corrected chi connectivity index (χ2v) is 5.13. The summed E-state index contributed by atoms with van der Waals surface area (Å²) in [7, 11) is 1.57. The molecule has 21 heavy (non-hydrogen) atoms. The van der Waals surface area contributed by atoms with Crippen molar-refractivity contribution in [3.63, 3.8) is 0 Å². The van der Waals surface area contributed by atoms with Crippen LogP contribution >= 0.6 is 23.2 Å². The second kappa shape index (κ2) is 6.70. The smallest absolute Gasteiger partial charge is 0.330 e. The number of aliphatic carboxylic acids is 1. The maximum Gasteiger partial charge on any atom is 0.330 e. The van der Waals surface area contributed by atoms with Gasteiger partial charge in [0.15, 0.2) is 6.04 Å². The average Bonchev–Trinajstić information content (AvgIpc) is 2.48. The molecule has 2 aromatic carbocycles. The summed E-state index contributed by atoms with van der Waals surface area (Å²) in [6.45, 7) is 0. The monoisotopic (exact) mass is 325 g/mol. The van der Waals surface area contributed by atoms with Crippen molar-refractivity contribution in [2.75, 3.05) is 12.4 Å². The van der Waals surface area contributed by atoms with Crippen LogP contribution in [0, 0.1) is 0 Å². The number of nitrogens with one attached hydrogen (secondary N) is 1. The van der Waals surface area contributed by atoms with E-state index in [1.807, 2.05) is 0 Å². The highest BCUT2D eigenvalue weighted by Crippen LogP contribution is 2.28. The number of anilines is 1. The van der Waals surface area contributed by atoms with Crippen LogP contribution in [-0.4, -0.2) is 18.2 Å². The third-order valence-electron chi connectivity index (χ3n) is 2.92. The first-order chi connectivity index (χ1) is 10.0. The van der Waals surface area contributed by atoms with Gasteiger partial charge in [-0.05, 0) is 42.0 Å². The van der Waals surface area contributed by atoms with Crippen LogP contribution in [-0.2, 0) is 4.79 Å². The number of rotatable bonds is 5. The highest BCUT2D eigenvalue weighted by atomic mass is 35.5. The third kappa shape index (κ3) is 3.80. The lowest BCUT2D eigenvalue weighted by Crippen LogP contribution is -2.20. The van der Waals surface area contributed by atoms with Gasteiger partial charge in [0.05, 0.1) is 17.2 Å². The molecule has 2 N–H and O–H groups in total. The van der Waals surface area contributed by atoms with Gasteiger partial charge in [0.25, 0.3) is 0 Å². The van der Waals surface area contributed by atoms with Crippen LogP contribution in [0.25, 0.3) is 0 Å². The van der Waals surface area contributed by atoms with Crippen molar-refractivity contribution < 1.29 is 14.6 Å². The Morgan fingerprint density at radius 2 is 1.81 bits per heavy atom. The summed E-state index contributed by atoms with van der Waals surface area (Å²) in [6.07, 6.45) is 0. The summed E-state index contributed by atoms with van der Waals surface area (Å²) in [5.41, 5.74) is 1.18. The molecule has 4 nitrogen and oxygen atoms in total. The van der Waals surface area contributed by atoms with Gasteiger partial charge in [-0.25, -0.2) is 4.79 Å². The van der Waals surface area contributed by atoms with Crippen LogP contribution in [0.15, 0.2) is 42.5 Å². The molecule has 0 amide bonds. The fraction of sp³-hybridized carbons (Fsp3) is 0.133. The number of hydrogen-bond acceptors (Lipinski definition) is 3. The molecule has 6 heteroatoms. The van der Waals surface area contributed by atoms with Crippen LogP contribution < -0.4 is 10.1 Å². The van der Waals surface area contributed by atoms with Crippen LogP contribution in [0.4, 0.5) is 5.69 Å². The lowest BCUT2D eigenvalue weighted by atomic mass is 10.1. The molecule has 1 atom stereocenters. The number of halogens is 2. The average molecular weight is 326 g/mol. The zero-order chi connectivity index (χ0) is 15.4. The molecule has 0 saturated carbocycles. The summed E-state index contributed by atoms with van der Waals surface area (Å²) in [4.78, 5) is 11.5. The normalized spacial score (nSPS) is 11.8. The van der Waals surface area contributed by atoms with Gasteiger partial charge in [-0.1, -0.05) is 29.3 Å². The predicted octanol–water partition coefficient (Wildman–Crippen LogP) is 4.24. The van der Waals surface area contributed by atoms with E-state index in [9.17, 15) is 9.90 Å². The number of hydrogen-bond donors (Lipinski definition) is 2.